The normalized spacial score (nSPS) is 14.4. The predicted octanol–water partition coefficient (Wildman–Crippen LogP) is 2.47. The molecule has 0 saturated carbocycles. The zero-order chi connectivity index (χ0) is 11.0. The highest BCUT2D eigenvalue weighted by Crippen LogP contribution is 2.14. The lowest BCUT2D eigenvalue weighted by Crippen LogP contribution is -2.21. The minimum Gasteiger partial charge on any atom is -0.372 e. The molecule has 5 heteroatoms. The van der Waals surface area contributed by atoms with Crippen molar-refractivity contribution in [1.29, 1.82) is 0 Å². The van der Waals surface area contributed by atoms with E-state index >= 15 is 0 Å². The third-order valence-corrected chi connectivity index (χ3v) is 1.79. The molecule has 0 rings (SSSR count). The molecule has 0 bridgehead atoms. The van der Waals surface area contributed by atoms with Gasteiger partial charge in [-0.2, -0.15) is 13.2 Å². The average molecular weight is 213 g/mol. The summed E-state index contributed by atoms with van der Waals surface area (Å²) in [5, 5.41) is 0. The monoisotopic (exact) mass is 213 g/mol. The molecule has 0 spiro atoms. The van der Waals surface area contributed by atoms with Crippen LogP contribution in [0.1, 0.15) is 32.6 Å². The fourth-order valence-corrected chi connectivity index (χ4v) is 1.15. The van der Waals surface area contributed by atoms with E-state index in [-0.39, 0.29) is 12.6 Å². The van der Waals surface area contributed by atoms with Crippen LogP contribution in [0.15, 0.2) is 0 Å². The standard InChI is InChI=1S/C9H18F3NO/c1-2-4-8(13)5-3-6-14-7-9(10,11)12/h8H,2-7,13H2,1H3. The van der Waals surface area contributed by atoms with Crippen LogP contribution in [-0.4, -0.2) is 25.4 Å². The number of halogens is 3. The van der Waals surface area contributed by atoms with Crippen LogP contribution >= 0.6 is 0 Å². The van der Waals surface area contributed by atoms with Gasteiger partial charge in [0, 0.05) is 12.6 Å². The maximum atomic E-state index is 11.6. The van der Waals surface area contributed by atoms with Crippen molar-refractivity contribution in [2.24, 2.45) is 5.73 Å². The Balaban J connectivity index is 3.21. The number of hydrogen-bond donors (Lipinski definition) is 1. The highest BCUT2D eigenvalue weighted by Gasteiger charge is 2.27. The van der Waals surface area contributed by atoms with Gasteiger partial charge in [-0.1, -0.05) is 13.3 Å². The Hall–Kier alpha value is -0.290. The first kappa shape index (κ1) is 13.7. The van der Waals surface area contributed by atoms with Gasteiger partial charge in [0.05, 0.1) is 0 Å². The second kappa shape index (κ2) is 7.06. The van der Waals surface area contributed by atoms with E-state index in [0.717, 1.165) is 19.3 Å². The van der Waals surface area contributed by atoms with Crippen molar-refractivity contribution in [3.63, 3.8) is 0 Å². The van der Waals surface area contributed by atoms with Crippen LogP contribution in [-0.2, 0) is 4.74 Å². The van der Waals surface area contributed by atoms with E-state index in [1.165, 1.54) is 0 Å². The summed E-state index contributed by atoms with van der Waals surface area (Å²) in [4.78, 5) is 0. The van der Waals surface area contributed by atoms with Crippen molar-refractivity contribution in [3.8, 4) is 0 Å². The van der Waals surface area contributed by atoms with Crippen molar-refractivity contribution in [2.45, 2.75) is 44.8 Å². The largest absolute Gasteiger partial charge is 0.411 e. The van der Waals surface area contributed by atoms with Crippen LogP contribution in [0.3, 0.4) is 0 Å². The van der Waals surface area contributed by atoms with Crippen LogP contribution in [0.5, 0.6) is 0 Å². The van der Waals surface area contributed by atoms with Crippen molar-refractivity contribution in [1.82, 2.24) is 0 Å². The average Bonchev–Trinajstić information content (AvgIpc) is 2.02. The van der Waals surface area contributed by atoms with Crippen molar-refractivity contribution in [2.75, 3.05) is 13.2 Å². The van der Waals surface area contributed by atoms with Gasteiger partial charge in [0.1, 0.15) is 6.61 Å². The van der Waals surface area contributed by atoms with Gasteiger partial charge < -0.3 is 10.5 Å². The van der Waals surface area contributed by atoms with Crippen LogP contribution in [0.4, 0.5) is 13.2 Å². The van der Waals surface area contributed by atoms with Crippen molar-refractivity contribution in [3.05, 3.63) is 0 Å². The van der Waals surface area contributed by atoms with Crippen molar-refractivity contribution >= 4 is 0 Å². The first-order valence-corrected chi connectivity index (χ1v) is 4.85. The molecular formula is C9H18F3NO. The Kier molecular flexibility index (Phi) is 6.92. The smallest absolute Gasteiger partial charge is 0.372 e. The van der Waals surface area contributed by atoms with E-state index in [1.54, 1.807) is 0 Å². The quantitative estimate of drug-likeness (QED) is 0.659. The maximum Gasteiger partial charge on any atom is 0.411 e. The van der Waals surface area contributed by atoms with Gasteiger partial charge in [-0.05, 0) is 19.3 Å². The minimum atomic E-state index is -4.22. The highest BCUT2D eigenvalue weighted by atomic mass is 19.4. The van der Waals surface area contributed by atoms with Crippen molar-refractivity contribution < 1.29 is 17.9 Å². The summed E-state index contributed by atoms with van der Waals surface area (Å²) in [6.45, 7) is 1.01. The van der Waals surface area contributed by atoms with E-state index < -0.39 is 12.8 Å². The van der Waals surface area contributed by atoms with Gasteiger partial charge in [-0.25, -0.2) is 0 Å². The SMILES string of the molecule is CCCC(N)CCCOCC(F)(F)F. The molecular weight excluding hydrogens is 195 g/mol. The molecule has 0 amide bonds. The second-order valence-corrected chi connectivity index (χ2v) is 3.36. The molecule has 2 nitrogen and oxygen atoms in total. The number of alkyl halides is 3. The molecule has 0 saturated heterocycles. The molecule has 0 fully saturated rings. The Morgan fingerprint density at radius 3 is 2.43 bits per heavy atom. The zero-order valence-corrected chi connectivity index (χ0v) is 8.44. The first-order valence-electron chi connectivity index (χ1n) is 4.85. The summed E-state index contributed by atoms with van der Waals surface area (Å²) in [5.41, 5.74) is 5.67. The molecule has 0 aromatic carbocycles. The van der Waals surface area contributed by atoms with Crippen LogP contribution < -0.4 is 5.73 Å². The van der Waals surface area contributed by atoms with E-state index in [1.807, 2.05) is 6.92 Å². The third kappa shape index (κ3) is 9.80. The summed E-state index contributed by atoms with van der Waals surface area (Å²) >= 11 is 0. The lowest BCUT2D eigenvalue weighted by molar-refractivity contribution is -0.174. The second-order valence-electron chi connectivity index (χ2n) is 3.36. The molecule has 0 heterocycles. The summed E-state index contributed by atoms with van der Waals surface area (Å²) < 4.78 is 39.3. The molecule has 1 unspecified atom stereocenters. The Bertz CT molecular complexity index is 139. The van der Waals surface area contributed by atoms with Gasteiger partial charge >= 0.3 is 6.18 Å². The number of ether oxygens (including phenoxy) is 1. The Labute approximate surface area is 82.6 Å². The van der Waals surface area contributed by atoms with Gasteiger partial charge in [0.2, 0.25) is 0 Å². The van der Waals surface area contributed by atoms with E-state index in [4.69, 9.17) is 5.73 Å². The summed E-state index contributed by atoms with van der Waals surface area (Å²) in [6, 6.07) is 0.0921. The highest BCUT2D eigenvalue weighted by molar-refractivity contribution is 4.59. The fraction of sp³-hybridized carbons (Fsp3) is 1.00. The molecule has 0 aromatic rings. The first-order chi connectivity index (χ1) is 6.45. The van der Waals surface area contributed by atoms with E-state index in [0.29, 0.717) is 6.42 Å². The topological polar surface area (TPSA) is 35.2 Å². The molecule has 0 radical (unpaired) electrons. The number of nitrogens with two attached hydrogens (primary N) is 1. The molecule has 0 aliphatic rings. The molecule has 0 aromatic heterocycles. The number of hydrogen-bond acceptors (Lipinski definition) is 2. The van der Waals surface area contributed by atoms with Gasteiger partial charge in [0.25, 0.3) is 0 Å². The molecule has 1 atom stereocenters. The van der Waals surface area contributed by atoms with Gasteiger partial charge in [-0.3, -0.25) is 0 Å². The summed E-state index contributed by atoms with van der Waals surface area (Å²) in [6.07, 6.45) is -0.974. The predicted molar refractivity (Wildman–Crippen MR) is 49.0 cm³/mol. The lowest BCUT2D eigenvalue weighted by Gasteiger charge is -2.10. The van der Waals surface area contributed by atoms with Crippen LogP contribution in [0.25, 0.3) is 0 Å². The van der Waals surface area contributed by atoms with E-state index in [2.05, 4.69) is 4.74 Å². The summed E-state index contributed by atoms with van der Waals surface area (Å²) in [7, 11) is 0. The molecule has 14 heavy (non-hydrogen) atoms. The minimum absolute atomic E-state index is 0.0921. The Morgan fingerprint density at radius 2 is 1.93 bits per heavy atom. The summed E-state index contributed by atoms with van der Waals surface area (Å²) in [5.74, 6) is 0. The zero-order valence-electron chi connectivity index (χ0n) is 8.44. The molecule has 0 aliphatic heterocycles. The van der Waals surface area contributed by atoms with Crippen LogP contribution in [0, 0.1) is 0 Å². The Morgan fingerprint density at radius 1 is 1.29 bits per heavy atom. The molecule has 0 aliphatic carbocycles. The molecule has 86 valence electrons. The molecule has 2 N–H and O–H groups in total. The maximum absolute atomic E-state index is 11.6. The van der Waals surface area contributed by atoms with E-state index in [9.17, 15) is 13.2 Å². The lowest BCUT2D eigenvalue weighted by atomic mass is 10.1. The van der Waals surface area contributed by atoms with Crippen LogP contribution in [0.2, 0.25) is 0 Å². The van der Waals surface area contributed by atoms with Gasteiger partial charge in [0.15, 0.2) is 0 Å². The van der Waals surface area contributed by atoms with Gasteiger partial charge in [-0.15, -0.1) is 0 Å². The fourth-order valence-electron chi connectivity index (χ4n) is 1.15. The third-order valence-electron chi connectivity index (χ3n) is 1.79. The number of rotatable bonds is 7.